The van der Waals surface area contributed by atoms with Crippen molar-refractivity contribution in [3.05, 3.63) is 28.8 Å². The van der Waals surface area contributed by atoms with Crippen LogP contribution in [0.2, 0.25) is 5.02 Å². The van der Waals surface area contributed by atoms with Gasteiger partial charge in [-0.2, -0.15) is 4.31 Å². The van der Waals surface area contributed by atoms with Crippen molar-refractivity contribution >= 4 is 21.6 Å². The van der Waals surface area contributed by atoms with Crippen molar-refractivity contribution in [1.82, 2.24) is 4.31 Å². The molecule has 0 atom stereocenters. The van der Waals surface area contributed by atoms with Crippen molar-refractivity contribution in [3.8, 4) is 12.3 Å². The average molecular weight is 288 g/mol. The first-order valence-corrected chi connectivity index (χ1v) is 7.12. The topological polar surface area (TPSA) is 57.6 Å². The van der Waals surface area contributed by atoms with Gasteiger partial charge in [-0.25, -0.2) is 8.42 Å². The van der Waals surface area contributed by atoms with E-state index in [1.807, 2.05) is 0 Å². The van der Waals surface area contributed by atoms with Crippen LogP contribution < -0.4 is 0 Å². The van der Waals surface area contributed by atoms with E-state index in [2.05, 4.69) is 5.92 Å². The standard InChI is InChI=1S/C12H14ClNO3S/c1-3-7-14(4-2)18(16,17)12-8-10(9-15)5-6-11(12)13/h1,5-6,8,15H,4,7,9H2,2H3. The number of aliphatic hydroxyl groups is 1. The molecule has 0 radical (unpaired) electrons. The van der Waals surface area contributed by atoms with Crippen LogP contribution in [0.15, 0.2) is 23.1 Å². The summed E-state index contributed by atoms with van der Waals surface area (Å²) in [5.41, 5.74) is 0.481. The van der Waals surface area contributed by atoms with Gasteiger partial charge in [0.1, 0.15) is 4.90 Å². The zero-order chi connectivity index (χ0) is 13.8. The smallest absolute Gasteiger partial charge is 0.245 e. The number of terminal acetylenes is 1. The minimum atomic E-state index is -3.73. The Balaban J connectivity index is 3.31. The Labute approximate surface area is 112 Å². The van der Waals surface area contributed by atoms with E-state index in [0.29, 0.717) is 5.56 Å². The molecule has 0 saturated carbocycles. The molecule has 0 saturated heterocycles. The predicted molar refractivity (Wildman–Crippen MR) is 70.6 cm³/mol. The van der Waals surface area contributed by atoms with Gasteiger partial charge in [0, 0.05) is 6.54 Å². The number of rotatable bonds is 5. The molecule has 0 heterocycles. The van der Waals surface area contributed by atoms with Crippen LogP contribution >= 0.6 is 11.6 Å². The summed E-state index contributed by atoms with van der Waals surface area (Å²) in [6.45, 7) is 1.68. The van der Waals surface area contributed by atoms with E-state index in [9.17, 15) is 8.42 Å². The summed E-state index contributed by atoms with van der Waals surface area (Å²) >= 11 is 5.90. The van der Waals surface area contributed by atoms with E-state index in [1.165, 1.54) is 12.1 Å². The van der Waals surface area contributed by atoms with Crippen LogP contribution in [-0.4, -0.2) is 30.9 Å². The molecule has 0 spiro atoms. The highest BCUT2D eigenvalue weighted by Gasteiger charge is 2.25. The van der Waals surface area contributed by atoms with Crippen LogP contribution in [0.3, 0.4) is 0 Å². The highest BCUT2D eigenvalue weighted by atomic mass is 35.5. The molecule has 1 N–H and O–H groups in total. The molecule has 98 valence electrons. The van der Waals surface area contributed by atoms with Crippen molar-refractivity contribution in [1.29, 1.82) is 0 Å². The number of nitrogens with zero attached hydrogens (tertiary/aromatic N) is 1. The Morgan fingerprint density at radius 1 is 1.50 bits per heavy atom. The zero-order valence-electron chi connectivity index (χ0n) is 9.93. The summed E-state index contributed by atoms with van der Waals surface area (Å²) in [5, 5.41) is 9.15. The third-order valence-corrected chi connectivity index (χ3v) is 4.82. The lowest BCUT2D eigenvalue weighted by molar-refractivity contribution is 0.281. The van der Waals surface area contributed by atoms with E-state index < -0.39 is 10.0 Å². The molecule has 0 bridgehead atoms. The summed E-state index contributed by atoms with van der Waals surface area (Å²) in [6.07, 6.45) is 5.14. The van der Waals surface area contributed by atoms with E-state index >= 15 is 0 Å². The van der Waals surface area contributed by atoms with Crippen LogP contribution in [0.25, 0.3) is 0 Å². The van der Waals surface area contributed by atoms with Gasteiger partial charge in [0.2, 0.25) is 10.0 Å². The van der Waals surface area contributed by atoms with E-state index in [0.717, 1.165) is 4.31 Å². The van der Waals surface area contributed by atoms with Gasteiger partial charge >= 0.3 is 0 Å². The Morgan fingerprint density at radius 2 is 2.17 bits per heavy atom. The van der Waals surface area contributed by atoms with Gasteiger partial charge in [-0.15, -0.1) is 6.42 Å². The van der Waals surface area contributed by atoms with Gasteiger partial charge < -0.3 is 5.11 Å². The molecule has 1 rings (SSSR count). The second-order valence-electron chi connectivity index (χ2n) is 3.56. The maximum Gasteiger partial charge on any atom is 0.245 e. The van der Waals surface area contributed by atoms with E-state index in [4.69, 9.17) is 23.1 Å². The largest absolute Gasteiger partial charge is 0.392 e. The fourth-order valence-corrected chi connectivity index (χ4v) is 3.34. The molecule has 0 fully saturated rings. The summed E-state index contributed by atoms with van der Waals surface area (Å²) in [4.78, 5) is -0.0344. The monoisotopic (exact) mass is 287 g/mol. The summed E-state index contributed by atoms with van der Waals surface area (Å²) in [5.74, 6) is 2.30. The average Bonchev–Trinajstić information content (AvgIpc) is 2.36. The highest BCUT2D eigenvalue weighted by molar-refractivity contribution is 7.89. The molecule has 18 heavy (non-hydrogen) atoms. The number of halogens is 1. The lowest BCUT2D eigenvalue weighted by atomic mass is 10.2. The molecule has 0 aliphatic rings. The maximum absolute atomic E-state index is 12.3. The maximum atomic E-state index is 12.3. The quantitative estimate of drug-likeness (QED) is 0.835. The minimum absolute atomic E-state index is 0.0154. The Kier molecular flexibility index (Phi) is 5.17. The van der Waals surface area contributed by atoms with Crippen LogP contribution in [0.1, 0.15) is 12.5 Å². The first-order valence-electron chi connectivity index (χ1n) is 5.30. The SMILES string of the molecule is C#CCN(CC)S(=O)(=O)c1cc(CO)ccc1Cl. The second kappa shape index (κ2) is 6.21. The lowest BCUT2D eigenvalue weighted by Crippen LogP contribution is -2.31. The Hall–Kier alpha value is -1.06. The van der Waals surface area contributed by atoms with Crippen LogP contribution in [0, 0.1) is 12.3 Å². The van der Waals surface area contributed by atoms with Crippen molar-refractivity contribution in [2.75, 3.05) is 13.1 Å². The molecule has 0 unspecified atom stereocenters. The Bertz CT molecular complexity index is 563. The molecule has 1 aromatic carbocycles. The van der Waals surface area contributed by atoms with Gasteiger partial charge in [0.25, 0.3) is 0 Å². The van der Waals surface area contributed by atoms with Crippen molar-refractivity contribution in [2.45, 2.75) is 18.4 Å². The highest BCUT2D eigenvalue weighted by Crippen LogP contribution is 2.25. The van der Waals surface area contributed by atoms with Crippen molar-refractivity contribution in [2.24, 2.45) is 0 Å². The third kappa shape index (κ3) is 3.03. The number of hydrogen-bond acceptors (Lipinski definition) is 3. The van der Waals surface area contributed by atoms with Gasteiger partial charge in [0.05, 0.1) is 18.2 Å². The first kappa shape index (κ1) is 15.0. The second-order valence-corrected chi connectivity index (χ2v) is 5.87. The molecule has 6 heteroatoms. The summed E-state index contributed by atoms with van der Waals surface area (Å²) < 4.78 is 25.8. The molecular weight excluding hydrogens is 274 g/mol. The van der Waals surface area contributed by atoms with Gasteiger partial charge in [-0.3, -0.25) is 0 Å². The number of benzene rings is 1. The molecule has 1 aromatic rings. The molecule has 0 aromatic heterocycles. The molecular formula is C12H14ClNO3S. The normalized spacial score (nSPS) is 11.5. The minimum Gasteiger partial charge on any atom is -0.392 e. The fraction of sp³-hybridized carbons (Fsp3) is 0.333. The molecule has 4 nitrogen and oxygen atoms in total. The zero-order valence-corrected chi connectivity index (χ0v) is 11.5. The van der Waals surface area contributed by atoms with Gasteiger partial charge in [-0.05, 0) is 17.7 Å². The number of aliphatic hydroxyl groups excluding tert-OH is 1. The number of hydrogen-bond donors (Lipinski definition) is 1. The van der Waals surface area contributed by atoms with Crippen molar-refractivity contribution in [3.63, 3.8) is 0 Å². The summed E-state index contributed by atoms with van der Waals surface area (Å²) in [7, 11) is -3.73. The number of sulfonamides is 1. The van der Waals surface area contributed by atoms with Crippen LogP contribution in [0.4, 0.5) is 0 Å². The lowest BCUT2D eigenvalue weighted by Gasteiger charge is -2.19. The molecule has 0 aliphatic heterocycles. The van der Waals surface area contributed by atoms with Crippen molar-refractivity contribution < 1.29 is 13.5 Å². The predicted octanol–water partition coefficient (Wildman–Crippen LogP) is 1.48. The molecule has 0 aliphatic carbocycles. The van der Waals surface area contributed by atoms with E-state index in [1.54, 1.807) is 13.0 Å². The summed E-state index contributed by atoms with van der Waals surface area (Å²) in [6, 6.07) is 4.37. The Morgan fingerprint density at radius 3 is 2.67 bits per heavy atom. The van der Waals surface area contributed by atoms with Crippen LogP contribution in [0.5, 0.6) is 0 Å². The first-order chi connectivity index (χ1) is 8.47. The molecule has 0 amide bonds. The third-order valence-electron chi connectivity index (χ3n) is 2.42. The van der Waals surface area contributed by atoms with Crippen LogP contribution in [-0.2, 0) is 16.6 Å². The van der Waals surface area contributed by atoms with E-state index in [-0.39, 0.29) is 29.6 Å². The van der Waals surface area contributed by atoms with Gasteiger partial charge in [-0.1, -0.05) is 30.5 Å². The fourth-order valence-electron chi connectivity index (χ4n) is 1.45. The van der Waals surface area contributed by atoms with Gasteiger partial charge in [0.15, 0.2) is 0 Å².